The van der Waals surface area contributed by atoms with E-state index in [1.54, 1.807) is 34.9 Å². The van der Waals surface area contributed by atoms with E-state index >= 15 is 0 Å². The molecule has 3 rings (SSSR count). The summed E-state index contributed by atoms with van der Waals surface area (Å²) in [5.74, 6) is -0.372. The topological polar surface area (TPSA) is 97.3 Å². The number of anilines is 1. The van der Waals surface area contributed by atoms with Crippen molar-refractivity contribution in [3.63, 3.8) is 0 Å². The number of nitrogens with one attached hydrogen (secondary N) is 2. The molecule has 7 nitrogen and oxygen atoms in total. The van der Waals surface area contributed by atoms with Gasteiger partial charge in [0.15, 0.2) is 0 Å². The number of sulfonamides is 1. The second kappa shape index (κ2) is 7.88. The fourth-order valence-electron chi connectivity index (χ4n) is 3.05. The molecule has 0 radical (unpaired) electrons. The Balaban J connectivity index is 1.98. The Labute approximate surface area is 179 Å². The van der Waals surface area contributed by atoms with Gasteiger partial charge in [-0.2, -0.15) is 0 Å². The average molecular weight is 448 g/mol. The van der Waals surface area contributed by atoms with E-state index in [2.05, 4.69) is 10.0 Å². The zero-order valence-corrected chi connectivity index (χ0v) is 19.1. The normalized spacial score (nSPS) is 12.3. The lowest BCUT2D eigenvalue weighted by Gasteiger charge is -2.21. The van der Waals surface area contributed by atoms with Crippen LogP contribution in [0.1, 0.15) is 51.0 Å². The first-order chi connectivity index (χ1) is 13.9. The van der Waals surface area contributed by atoms with E-state index in [9.17, 15) is 18.0 Å². The Bertz CT molecular complexity index is 1270. The third-order valence-electron chi connectivity index (χ3n) is 4.32. The van der Waals surface area contributed by atoms with E-state index in [4.69, 9.17) is 0 Å². The zero-order chi connectivity index (χ0) is 22.3. The lowest BCUT2D eigenvalue weighted by atomic mass is 10.1. The molecule has 0 aliphatic carbocycles. The van der Waals surface area contributed by atoms with Gasteiger partial charge in [-0.1, -0.05) is 23.5 Å². The van der Waals surface area contributed by atoms with Gasteiger partial charge in [-0.05, 0) is 65.0 Å². The minimum absolute atomic E-state index is 0.0261. The third kappa shape index (κ3) is 4.57. The number of rotatable bonds is 5. The highest BCUT2D eigenvalue weighted by Gasteiger charge is 2.22. The van der Waals surface area contributed by atoms with Crippen molar-refractivity contribution >= 4 is 43.2 Å². The summed E-state index contributed by atoms with van der Waals surface area (Å²) in [6.45, 7) is 9.35. The maximum Gasteiger partial charge on any atom is 0.308 e. The molecule has 1 aromatic heterocycles. The number of amides is 1. The minimum Gasteiger partial charge on any atom is -0.347 e. The molecular weight excluding hydrogens is 422 g/mol. The highest BCUT2D eigenvalue weighted by molar-refractivity contribution is 7.92. The van der Waals surface area contributed by atoms with Crippen LogP contribution in [0.25, 0.3) is 10.2 Å². The van der Waals surface area contributed by atoms with Crippen LogP contribution >= 0.6 is 11.3 Å². The molecule has 30 heavy (non-hydrogen) atoms. The van der Waals surface area contributed by atoms with Crippen molar-refractivity contribution in [2.24, 2.45) is 0 Å². The summed E-state index contributed by atoms with van der Waals surface area (Å²) in [6.07, 6.45) is 0. The molecule has 2 N–H and O–H groups in total. The number of nitrogens with zero attached hydrogens (tertiary/aromatic N) is 1. The van der Waals surface area contributed by atoms with Crippen molar-refractivity contribution in [1.82, 2.24) is 9.88 Å². The number of fused-ring (bicyclic) bond motifs is 1. The van der Waals surface area contributed by atoms with E-state index in [-0.39, 0.29) is 33.0 Å². The number of para-hydroxylation sites is 1. The lowest BCUT2D eigenvalue weighted by Crippen LogP contribution is -2.40. The minimum atomic E-state index is -3.96. The first kappa shape index (κ1) is 22.0. The molecule has 0 saturated carbocycles. The summed E-state index contributed by atoms with van der Waals surface area (Å²) in [7, 11) is -3.96. The smallest absolute Gasteiger partial charge is 0.308 e. The van der Waals surface area contributed by atoms with Crippen LogP contribution in [0.15, 0.2) is 52.2 Å². The summed E-state index contributed by atoms with van der Waals surface area (Å²) in [5, 5.41) is 2.84. The second-order valence-electron chi connectivity index (χ2n) is 8.32. The molecule has 0 spiro atoms. The summed E-state index contributed by atoms with van der Waals surface area (Å²) in [5.41, 5.74) is 0.652. The molecule has 9 heteroatoms. The fraction of sp³-hybridized carbons (Fsp3) is 0.333. The van der Waals surface area contributed by atoms with Gasteiger partial charge in [-0.3, -0.25) is 18.9 Å². The highest BCUT2D eigenvalue weighted by atomic mass is 32.2. The molecule has 0 saturated heterocycles. The third-order valence-corrected chi connectivity index (χ3v) is 6.60. The zero-order valence-electron chi connectivity index (χ0n) is 17.5. The van der Waals surface area contributed by atoms with Crippen molar-refractivity contribution < 1.29 is 13.2 Å². The molecule has 160 valence electrons. The van der Waals surface area contributed by atoms with Crippen LogP contribution in [0.3, 0.4) is 0 Å². The van der Waals surface area contributed by atoms with Crippen molar-refractivity contribution in [2.75, 3.05) is 4.72 Å². The lowest BCUT2D eigenvalue weighted by molar-refractivity contribution is 0.0920. The van der Waals surface area contributed by atoms with Gasteiger partial charge in [-0.15, -0.1) is 0 Å². The Morgan fingerprint density at radius 1 is 1.10 bits per heavy atom. The number of carbonyl (C=O) groups excluding carboxylic acids is 1. The Hall–Kier alpha value is -2.65. The molecule has 0 unspecified atom stereocenters. The van der Waals surface area contributed by atoms with Crippen molar-refractivity contribution in [1.29, 1.82) is 0 Å². The van der Waals surface area contributed by atoms with Gasteiger partial charge >= 0.3 is 4.87 Å². The van der Waals surface area contributed by atoms with Crippen LogP contribution in [0.5, 0.6) is 0 Å². The molecule has 2 aromatic carbocycles. The molecule has 0 atom stereocenters. The molecule has 0 aliphatic rings. The van der Waals surface area contributed by atoms with Crippen LogP contribution in [-0.4, -0.2) is 24.4 Å². The fourth-order valence-corrected chi connectivity index (χ4v) is 5.29. The maximum atomic E-state index is 13.0. The van der Waals surface area contributed by atoms with Crippen molar-refractivity contribution in [2.45, 2.75) is 51.1 Å². The number of hydrogen-bond donors (Lipinski definition) is 2. The van der Waals surface area contributed by atoms with Crippen LogP contribution in [-0.2, 0) is 10.0 Å². The van der Waals surface area contributed by atoms with Gasteiger partial charge in [0.2, 0.25) is 0 Å². The van der Waals surface area contributed by atoms with Gasteiger partial charge < -0.3 is 5.32 Å². The van der Waals surface area contributed by atoms with Crippen molar-refractivity contribution in [3.8, 4) is 0 Å². The standard InChI is InChI=1S/C21H25N3O4S2/c1-13(2)24-17-11-10-14(12-18(17)29-20(24)26)30(27,28)23-16-9-7-6-8-15(16)19(25)22-21(3,4)5/h6-13,23H,1-5H3,(H,22,25). The number of aromatic nitrogens is 1. The number of thiazole rings is 1. The van der Waals surface area contributed by atoms with Gasteiger partial charge in [0.1, 0.15) is 0 Å². The van der Waals surface area contributed by atoms with Crippen LogP contribution in [0.2, 0.25) is 0 Å². The predicted octanol–water partition coefficient (Wildman–Crippen LogP) is 3.97. The molecule has 0 bridgehead atoms. The largest absolute Gasteiger partial charge is 0.347 e. The van der Waals surface area contributed by atoms with Gasteiger partial charge in [-0.25, -0.2) is 8.42 Å². The highest BCUT2D eigenvalue weighted by Crippen LogP contribution is 2.26. The van der Waals surface area contributed by atoms with E-state index < -0.39 is 15.6 Å². The molecule has 1 amide bonds. The molecule has 1 heterocycles. The van der Waals surface area contributed by atoms with Gasteiger partial charge in [0, 0.05) is 11.6 Å². The van der Waals surface area contributed by atoms with E-state index in [1.807, 2.05) is 34.6 Å². The quantitative estimate of drug-likeness (QED) is 0.618. The monoisotopic (exact) mass is 447 g/mol. The summed E-state index contributed by atoms with van der Waals surface area (Å²) in [4.78, 5) is 24.7. The van der Waals surface area contributed by atoms with Crippen LogP contribution in [0.4, 0.5) is 5.69 Å². The SMILES string of the molecule is CC(C)n1c(=O)sc2cc(S(=O)(=O)Nc3ccccc3C(=O)NC(C)(C)C)ccc21. The molecular formula is C21H25N3O4S2. The first-order valence-corrected chi connectivity index (χ1v) is 11.8. The number of benzene rings is 2. The Morgan fingerprint density at radius 2 is 1.77 bits per heavy atom. The van der Waals surface area contributed by atoms with E-state index in [1.165, 1.54) is 12.1 Å². The van der Waals surface area contributed by atoms with E-state index in [0.29, 0.717) is 10.2 Å². The summed E-state index contributed by atoms with van der Waals surface area (Å²) in [6, 6.07) is 11.0. The van der Waals surface area contributed by atoms with Gasteiger partial charge in [0.05, 0.1) is 26.4 Å². The summed E-state index contributed by atoms with van der Waals surface area (Å²) >= 11 is 1.01. The molecule has 3 aromatic rings. The average Bonchev–Trinajstić information content (AvgIpc) is 2.95. The first-order valence-electron chi connectivity index (χ1n) is 9.48. The van der Waals surface area contributed by atoms with Crippen LogP contribution < -0.4 is 14.9 Å². The predicted molar refractivity (Wildman–Crippen MR) is 121 cm³/mol. The maximum absolute atomic E-state index is 13.0. The Kier molecular flexibility index (Phi) is 5.79. The van der Waals surface area contributed by atoms with E-state index in [0.717, 1.165) is 11.3 Å². The second-order valence-corrected chi connectivity index (χ2v) is 11.0. The molecule has 0 aliphatic heterocycles. The number of carbonyl (C=O) groups is 1. The Morgan fingerprint density at radius 3 is 2.40 bits per heavy atom. The molecule has 0 fully saturated rings. The van der Waals surface area contributed by atoms with Crippen LogP contribution in [0, 0.1) is 0 Å². The van der Waals surface area contributed by atoms with Crippen molar-refractivity contribution in [3.05, 3.63) is 57.7 Å². The van der Waals surface area contributed by atoms with Gasteiger partial charge in [0.25, 0.3) is 15.9 Å². The summed E-state index contributed by atoms with van der Waals surface area (Å²) < 4.78 is 30.8. The number of hydrogen-bond acceptors (Lipinski definition) is 5.